The van der Waals surface area contributed by atoms with Crippen LogP contribution in [0.5, 0.6) is 0 Å². The molecule has 1 rings (SSSR count). The van der Waals surface area contributed by atoms with Crippen molar-refractivity contribution in [3.8, 4) is 0 Å². The smallest absolute Gasteiger partial charge is 0.423 e. The predicted molar refractivity (Wildman–Crippen MR) is 59.9 cm³/mol. The fraction of sp³-hybridized carbons (Fsp3) is 0.333. The van der Waals surface area contributed by atoms with Gasteiger partial charge < -0.3 is 10.0 Å². The van der Waals surface area contributed by atoms with Crippen LogP contribution in [0.25, 0.3) is 0 Å². The number of hydrogen-bond acceptors (Lipinski definition) is 3. The molecule has 1 atom stereocenters. The Hall–Kier alpha value is -0.645. The molecule has 5 heteroatoms. The predicted octanol–water partition coefficient (Wildman–Crippen LogP) is 0.130. The molecule has 3 nitrogen and oxygen atoms in total. The summed E-state index contributed by atoms with van der Waals surface area (Å²) in [4.78, 5) is 0.598. The molecule has 0 saturated carbocycles. The van der Waals surface area contributed by atoms with E-state index in [-0.39, 0.29) is 0 Å². The third-order valence-electron chi connectivity index (χ3n) is 1.49. The van der Waals surface area contributed by atoms with E-state index in [1.54, 1.807) is 24.5 Å². The van der Waals surface area contributed by atoms with Crippen molar-refractivity contribution in [2.24, 2.45) is 0 Å². The van der Waals surface area contributed by atoms with E-state index >= 15 is 0 Å². The minimum atomic E-state index is -1.49. The van der Waals surface area contributed by atoms with Crippen LogP contribution in [-0.2, 0) is 10.8 Å². The van der Waals surface area contributed by atoms with Gasteiger partial charge in [0.15, 0.2) is 0 Å². The second-order valence-corrected chi connectivity index (χ2v) is 3.78. The molecule has 0 saturated heterocycles. The van der Waals surface area contributed by atoms with Crippen molar-refractivity contribution in [1.82, 2.24) is 0 Å². The summed E-state index contributed by atoms with van der Waals surface area (Å²) in [6.07, 6.45) is 1.54. The van der Waals surface area contributed by atoms with Crippen LogP contribution in [0, 0.1) is 0 Å². The first-order chi connectivity index (χ1) is 6.61. The van der Waals surface area contributed by atoms with Gasteiger partial charge in [-0.3, -0.25) is 4.21 Å². The van der Waals surface area contributed by atoms with E-state index in [9.17, 15) is 4.21 Å². The molecular formula is C9H15BO3S. The Balaban J connectivity index is 0.000000791. The second kappa shape index (κ2) is 6.76. The van der Waals surface area contributed by atoms with Gasteiger partial charge in [0.05, 0.1) is 0 Å². The average molecular weight is 214 g/mol. The van der Waals surface area contributed by atoms with Crippen molar-refractivity contribution in [3.63, 3.8) is 0 Å². The van der Waals surface area contributed by atoms with Gasteiger partial charge in [-0.1, -0.05) is 26.0 Å². The molecule has 0 heterocycles. The molecule has 1 aromatic rings. The molecule has 0 bridgehead atoms. The van der Waals surface area contributed by atoms with Gasteiger partial charge in [0.2, 0.25) is 0 Å². The summed E-state index contributed by atoms with van der Waals surface area (Å²) in [7, 11) is -2.57. The molecule has 0 aliphatic heterocycles. The van der Waals surface area contributed by atoms with E-state index in [0.29, 0.717) is 10.4 Å². The molecule has 0 amide bonds. The van der Waals surface area contributed by atoms with Gasteiger partial charge in [0.1, 0.15) is 0 Å². The van der Waals surface area contributed by atoms with Crippen molar-refractivity contribution in [2.75, 3.05) is 6.26 Å². The van der Waals surface area contributed by atoms with E-state index in [4.69, 9.17) is 10.0 Å². The Morgan fingerprint density at radius 2 is 1.86 bits per heavy atom. The summed E-state index contributed by atoms with van der Waals surface area (Å²) < 4.78 is 11.0. The SMILES string of the molecule is CC.CS(=O)c1cccc(B(O)O)c1. The Morgan fingerprint density at radius 3 is 2.29 bits per heavy atom. The maximum absolute atomic E-state index is 11.0. The second-order valence-electron chi connectivity index (χ2n) is 2.40. The van der Waals surface area contributed by atoms with E-state index < -0.39 is 17.9 Å². The molecule has 0 aliphatic carbocycles. The highest BCUT2D eigenvalue weighted by molar-refractivity contribution is 7.84. The van der Waals surface area contributed by atoms with Gasteiger partial charge in [-0.05, 0) is 17.6 Å². The summed E-state index contributed by atoms with van der Waals surface area (Å²) >= 11 is 0. The van der Waals surface area contributed by atoms with E-state index in [2.05, 4.69) is 0 Å². The van der Waals surface area contributed by atoms with E-state index in [1.165, 1.54) is 6.07 Å². The lowest BCUT2D eigenvalue weighted by Crippen LogP contribution is -2.29. The molecular weight excluding hydrogens is 199 g/mol. The Morgan fingerprint density at radius 1 is 1.29 bits per heavy atom. The fourth-order valence-electron chi connectivity index (χ4n) is 0.854. The van der Waals surface area contributed by atoms with Gasteiger partial charge in [-0.25, -0.2) is 0 Å². The monoisotopic (exact) mass is 214 g/mol. The van der Waals surface area contributed by atoms with Gasteiger partial charge >= 0.3 is 7.12 Å². The topological polar surface area (TPSA) is 57.5 Å². The van der Waals surface area contributed by atoms with Crippen LogP contribution in [0.15, 0.2) is 29.2 Å². The number of hydrogen-bond donors (Lipinski definition) is 2. The zero-order chi connectivity index (χ0) is 11.1. The highest BCUT2D eigenvalue weighted by atomic mass is 32.2. The molecule has 1 aromatic carbocycles. The first kappa shape index (κ1) is 13.4. The summed E-state index contributed by atoms with van der Waals surface area (Å²) in [6.45, 7) is 4.00. The Labute approximate surface area is 87.4 Å². The third-order valence-corrected chi connectivity index (χ3v) is 2.41. The van der Waals surface area contributed by atoms with Crippen LogP contribution in [0.2, 0.25) is 0 Å². The van der Waals surface area contributed by atoms with Crippen LogP contribution in [0.4, 0.5) is 0 Å². The molecule has 2 N–H and O–H groups in total. The van der Waals surface area contributed by atoms with Crippen molar-refractivity contribution in [1.29, 1.82) is 0 Å². The highest BCUT2D eigenvalue weighted by Gasteiger charge is 2.11. The van der Waals surface area contributed by atoms with Crippen molar-refractivity contribution < 1.29 is 14.3 Å². The third kappa shape index (κ3) is 4.04. The van der Waals surface area contributed by atoms with Crippen molar-refractivity contribution >= 4 is 23.4 Å². The average Bonchev–Trinajstić information content (AvgIpc) is 2.21. The summed E-state index contributed by atoms with van der Waals surface area (Å²) in [5.74, 6) is 0. The van der Waals surface area contributed by atoms with Crippen LogP contribution >= 0.6 is 0 Å². The first-order valence-electron chi connectivity index (χ1n) is 4.41. The summed E-state index contributed by atoms with van der Waals surface area (Å²) in [5.41, 5.74) is 0.364. The Bertz CT molecular complexity index is 302. The normalized spacial score (nSPS) is 11.2. The zero-order valence-corrected chi connectivity index (χ0v) is 9.41. The van der Waals surface area contributed by atoms with Crippen LogP contribution < -0.4 is 5.46 Å². The van der Waals surface area contributed by atoms with E-state index in [1.807, 2.05) is 13.8 Å². The lowest BCUT2D eigenvalue weighted by atomic mass is 9.80. The molecule has 0 spiro atoms. The standard InChI is InChI=1S/C7H9BO3S.C2H6/c1-12(11)7-4-2-3-6(5-7)8(9)10;1-2/h2-5,9-10H,1H3;1-2H3. The first-order valence-corrected chi connectivity index (χ1v) is 5.96. The van der Waals surface area contributed by atoms with Gasteiger partial charge in [0.25, 0.3) is 0 Å². The van der Waals surface area contributed by atoms with E-state index in [0.717, 1.165) is 0 Å². The molecule has 0 aliphatic rings. The number of benzene rings is 1. The van der Waals surface area contributed by atoms with Gasteiger partial charge in [-0.15, -0.1) is 0 Å². The van der Waals surface area contributed by atoms with Gasteiger partial charge in [0, 0.05) is 22.0 Å². The van der Waals surface area contributed by atoms with Crippen LogP contribution in [0.1, 0.15) is 13.8 Å². The van der Waals surface area contributed by atoms with Gasteiger partial charge in [-0.2, -0.15) is 0 Å². The highest BCUT2D eigenvalue weighted by Crippen LogP contribution is 2.01. The summed E-state index contributed by atoms with van der Waals surface area (Å²) in [5, 5.41) is 17.6. The molecule has 14 heavy (non-hydrogen) atoms. The molecule has 0 aromatic heterocycles. The lowest BCUT2D eigenvalue weighted by Gasteiger charge is -2.00. The maximum atomic E-state index is 11.0. The summed E-state index contributed by atoms with van der Waals surface area (Å²) in [6, 6.07) is 6.41. The Kier molecular flexibility index (Phi) is 6.45. The minimum absolute atomic E-state index is 0.364. The number of rotatable bonds is 2. The van der Waals surface area contributed by atoms with Crippen LogP contribution in [-0.4, -0.2) is 27.6 Å². The molecule has 1 unspecified atom stereocenters. The molecule has 78 valence electrons. The molecule has 0 radical (unpaired) electrons. The van der Waals surface area contributed by atoms with Crippen molar-refractivity contribution in [2.45, 2.75) is 18.7 Å². The zero-order valence-electron chi connectivity index (χ0n) is 8.60. The maximum Gasteiger partial charge on any atom is 0.488 e. The van der Waals surface area contributed by atoms with Crippen molar-refractivity contribution in [3.05, 3.63) is 24.3 Å². The van der Waals surface area contributed by atoms with Crippen LogP contribution in [0.3, 0.4) is 0 Å². The fourth-order valence-corrected chi connectivity index (χ4v) is 1.43. The quantitative estimate of drug-likeness (QED) is 0.688. The molecule has 0 fully saturated rings. The lowest BCUT2D eigenvalue weighted by molar-refractivity contribution is 0.425. The minimum Gasteiger partial charge on any atom is -0.423 e. The largest absolute Gasteiger partial charge is 0.488 e.